The van der Waals surface area contributed by atoms with Gasteiger partial charge in [0.05, 0.1) is 11.4 Å². The molecule has 0 unspecified atom stereocenters. The van der Waals surface area contributed by atoms with Crippen molar-refractivity contribution in [3.8, 4) is 11.3 Å². The number of thiocarbonyl (C=S) groups is 1. The molecule has 0 bridgehead atoms. The fourth-order valence-electron chi connectivity index (χ4n) is 3.95. The number of furan rings is 1. The molecule has 9 heteroatoms. The van der Waals surface area contributed by atoms with Gasteiger partial charge in [-0.1, -0.05) is 30.7 Å². The van der Waals surface area contributed by atoms with Crippen molar-refractivity contribution in [2.24, 2.45) is 0 Å². The Morgan fingerprint density at radius 1 is 1.03 bits per heavy atom. The van der Waals surface area contributed by atoms with Gasteiger partial charge in [0.1, 0.15) is 11.5 Å². The zero-order valence-corrected chi connectivity index (χ0v) is 21.4. The Morgan fingerprint density at radius 3 is 2.47 bits per heavy atom. The number of hydrogen-bond donors (Lipinski definition) is 2. The van der Waals surface area contributed by atoms with Crippen LogP contribution in [0.15, 0.2) is 71.2 Å². The van der Waals surface area contributed by atoms with E-state index in [4.69, 9.17) is 28.2 Å². The first-order valence-electron chi connectivity index (χ1n) is 11.7. The minimum atomic E-state index is -0.374. The van der Waals surface area contributed by atoms with Gasteiger partial charge in [0.25, 0.3) is 0 Å². The average molecular weight is 523 g/mol. The standard InChI is InChI=1S/C27H27ClN4O3S/c1-2-26(34)32-17-15-31(16-18-32)23-6-4-3-5-22(23)29-27(36)30-25(33)14-12-21-11-13-24(35-21)19-7-9-20(28)10-8-19/h3-14H,2,15-18H2,1H3,(H2,29,30,33,36)/b14-12+. The second-order valence-electron chi connectivity index (χ2n) is 8.22. The van der Waals surface area contributed by atoms with Crippen molar-refractivity contribution >= 4 is 58.2 Å². The number of hydrogen-bond acceptors (Lipinski definition) is 5. The Balaban J connectivity index is 1.32. The molecular formula is C27H27ClN4O3S. The van der Waals surface area contributed by atoms with E-state index in [1.165, 1.54) is 6.08 Å². The first kappa shape index (κ1) is 25.5. The Bertz CT molecular complexity index is 1260. The number of amides is 2. The summed E-state index contributed by atoms with van der Waals surface area (Å²) in [6.07, 6.45) is 3.47. The molecule has 2 heterocycles. The molecule has 0 saturated carbocycles. The van der Waals surface area contributed by atoms with Crippen LogP contribution in [0.2, 0.25) is 5.02 Å². The summed E-state index contributed by atoms with van der Waals surface area (Å²) in [4.78, 5) is 28.5. The molecule has 4 rings (SSSR count). The quantitative estimate of drug-likeness (QED) is 0.343. The van der Waals surface area contributed by atoms with E-state index in [0.717, 1.165) is 30.0 Å². The molecule has 0 spiro atoms. The zero-order valence-electron chi connectivity index (χ0n) is 19.9. The van der Waals surface area contributed by atoms with Gasteiger partial charge in [-0.2, -0.15) is 0 Å². The van der Waals surface area contributed by atoms with E-state index >= 15 is 0 Å². The number of anilines is 2. The van der Waals surface area contributed by atoms with Gasteiger partial charge in [0, 0.05) is 49.3 Å². The number of carbonyl (C=O) groups excluding carboxylic acids is 2. The van der Waals surface area contributed by atoms with E-state index in [0.29, 0.717) is 36.1 Å². The minimum absolute atomic E-state index is 0.175. The first-order chi connectivity index (χ1) is 17.4. The fraction of sp³-hybridized carbons (Fsp3) is 0.222. The van der Waals surface area contributed by atoms with E-state index in [2.05, 4.69) is 15.5 Å². The maximum atomic E-state index is 12.4. The number of halogens is 1. The molecule has 36 heavy (non-hydrogen) atoms. The summed E-state index contributed by atoms with van der Waals surface area (Å²) in [7, 11) is 0. The van der Waals surface area contributed by atoms with E-state index in [1.54, 1.807) is 24.3 Å². The molecule has 2 N–H and O–H groups in total. The first-order valence-corrected chi connectivity index (χ1v) is 12.5. The zero-order chi connectivity index (χ0) is 25.5. The summed E-state index contributed by atoms with van der Waals surface area (Å²) >= 11 is 11.3. The van der Waals surface area contributed by atoms with Gasteiger partial charge >= 0.3 is 0 Å². The largest absolute Gasteiger partial charge is 0.457 e. The third kappa shape index (κ3) is 6.53. The van der Waals surface area contributed by atoms with Crippen LogP contribution >= 0.6 is 23.8 Å². The molecule has 0 radical (unpaired) electrons. The van der Waals surface area contributed by atoms with Gasteiger partial charge in [-0.15, -0.1) is 0 Å². The van der Waals surface area contributed by atoms with Crippen molar-refractivity contribution in [2.45, 2.75) is 13.3 Å². The highest BCUT2D eigenvalue weighted by atomic mass is 35.5. The monoisotopic (exact) mass is 522 g/mol. The van der Waals surface area contributed by atoms with Crippen molar-refractivity contribution < 1.29 is 14.0 Å². The lowest BCUT2D eigenvalue weighted by Crippen LogP contribution is -2.48. The number of carbonyl (C=O) groups is 2. The Kier molecular flexibility index (Phi) is 8.40. The number of nitrogens with one attached hydrogen (secondary N) is 2. The van der Waals surface area contributed by atoms with Crippen LogP contribution in [0.1, 0.15) is 19.1 Å². The maximum absolute atomic E-state index is 12.4. The van der Waals surface area contributed by atoms with Gasteiger partial charge in [-0.05, 0) is 66.8 Å². The van der Waals surface area contributed by atoms with Crippen molar-refractivity contribution in [3.63, 3.8) is 0 Å². The SMILES string of the molecule is CCC(=O)N1CCN(c2ccccc2NC(=S)NC(=O)/C=C/c2ccc(-c3ccc(Cl)cc3)o2)CC1. The summed E-state index contributed by atoms with van der Waals surface area (Å²) in [6, 6.07) is 18.7. The highest BCUT2D eigenvalue weighted by Crippen LogP contribution is 2.27. The van der Waals surface area contributed by atoms with Gasteiger partial charge < -0.3 is 19.5 Å². The highest BCUT2D eigenvalue weighted by molar-refractivity contribution is 7.80. The Labute approximate surface area is 220 Å². The van der Waals surface area contributed by atoms with Crippen LogP contribution in [-0.2, 0) is 9.59 Å². The second kappa shape index (κ2) is 11.9. The van der Waals surface area contributed by atoms with Gasteiger partial charge in [-0.3, -0.25) is 14.9 Å². The van der Waals surface area contributed by atoms with Crippen LogP contribution in [0.5, 0.6) is 0 Å². The number of piperazine rings is 1. The number of para-hydroxylation sites is 2. The Hall–Kier alpha value is -3.62. The van der Waals surface area contributed by atoms with Crippen LogP contribution < -0.4 is 15.5 Å². The van der Waals surface area contributed by atoms with Crippen LogP contribution in [-0.4, -0.2) is 48.0 Å². The molecule has 1 aromatic heterocycles. The lowest BCUT2D eigenvalue weighted by Gasteiger charge is -2.37. The maximum Gasteiger partial charge on any atom is 0.250 e. The predicted molar refractivity (Wildman–Crippen MR) is 148 cm³/mol. The summed E-state index contributed by atoms with van der Waals surface area (Å²) in [5.74, 6) is 1.02. The minimum Gasteiger partial charge on any atom is -0.457 e. The molecule has 1 aliphatic rings. The smallest absolute Gasteiger partial charge is 0.250 e. The topological polar surface area (TPSA) is 77.8 Å². The molecule has 1 saturated heterocycles. The summed E-state index contributed by atoms with van der Waals surface area (Å²) in [5, 5.41) is 6.64. The third-order valence-electron chi connectivity index (χ3n) is 5.82. The van der Waals surface area contributed by atoms with Crippen molar-refractivity contribution in [2.75, 3.05) is 36.4 Å². The molecule has 7 nitrogen and oxygen atoms in total. The molecule has 186 valence electrons. The second-order valence-corrected chi connectivity index (χ2v) is 9.07. The number of rotatable bonds is 6. The summed E-state index contributed by atoms with van der Waals surface area (Å²) in [5.41, 5.74) is 2.66. The average Bonchev–Trinajstić information content (AvgIpc) is 3.37. The van der Waals surface area contributed by atoms with Gasteiger partial charge in [0.2, 0.25) is 11.8 Å². The molecule has 0 aliphatic carbocycles. The molecular weight excluding hydrogens is 496 g/mol. The van der Waals surface area contributed by atoms with Gasteiger partial charge in [-0.25, -0.2) is 0 Å². The van der Waals surface area contributed by atoms with E-state index in [1.807, 2.05) is 54.3 Å². The molecule has 2 aromatic carbocycles. The fourth-order valence-corrected chi connectivity index (χ4v) is 4.29. The lowest BCUT2D eigenvalue weighted by atomic mass is 10.2. The van der Waals surface area contributed by atoms with Crippen LogP contribution in [0.4, 0.5) is 11.4 Å². The molecule has 1 fully saturated rings. The van der Waals surface area contributed by atoms with Crippen molar-refractivity contribution in [3.05, 3.63) is 77.5 Å². The number of nitrogens with zero attached hydrogens (tertiary/aromatic N) is 2. The van der Waals surface area contributed by atoms with E-state index in [-0.39, 0.29) is 16.9 Å². The van der Waals surface area contributed by atoms with Crippen LogP contribution in [0.3, 0.4) is 0 Å². The van der Waals surface area contributed by atoms with E-state index < -0.39 is 0 Å². The van der Waals surface area contributed by atoms with Crippen molar-refractivity contribution in [1.82, 2.24) is 10.2 Å². The molecule has 2 amide bonds. The lowest BCUT2D eigenvalue weighted by molar-refractivity contribution is -0.131. The summed E-state index contributed by atoms with van der Waals surface area (Å²) < 4.78 is 5.78. The predicted octanol–water partition coefficient (Wildman–Crippen LogP) is 5.19. The normalized spacial score (nSPS) is 13.6. The third-order valence-corrected chi connectivity index (χ3v) is 6.28. The van der Waals surface area contributed by atoms with Crippen molar-refractivity contribution in [1.29, 1.82) is 0 Å². The van der Waals surface area contributed by atoms with Crippen LogP contribution in [0, 0.1) is 0 Å². The van der Waals surface area contributed by atoms with Gasteiger partial charge in [0.15, 0.2) is 5.11 Å². The van der Waals surface area contributed by atoms with E-state index in [9.17, 15) is 9.59 Å². The number of benzene rings is 2. The molecule has 0 atom stereocenters. The molecule has 3 aromatic rings. The molecule has 1 aliphatic heterocycles. The Morgan fingerprint density at radius 2 is 1.75 bits per heavy atom. The summed E-state index contributed by atoms with van der Waals surface area (Å²) in [6.45, 7) is 4.70. The highest BCUT2D eigenvalue weighted by Gasteiger charge is 2.21. The van der Waals surface area contributed by atoms with Crippen LogP contribution in [0.25, 0.3) is 17.4 Å².